The number of hydrogen-bond donors (Lipinski definition) is 1. The lowest BCUT2D eigenvalue weighted by Gasteiger charge is -2.40. The number of benzene rings is 2. The fraction of sp³-hybridized carbons (Fsp3) is 0.414. The second-order valence-corrected chi connectivity index (χ2v) is 9.50. The van der Waals surface area contributed by atoms with E-state index in [2.05, 4.69) is 16.3 Å². The first-order valence-electron chi connectivity index (χ1n) is 13.0. The number of urea groups is 1. The zero-order chi connectivity index (χ0) is 26.5. The van der Waals surface area contributed by atoms with Crippen molar-refractivity contribution in [3.8, 4) is 0 Å². The first-order valence-corrected chi connectivity index (χ1v) is 13.0. The molecule has 4 rings (SSSR count). The average molecular weight is 505 g/mol. The SMILES string of the molecule is CCOC(=O)C1=C(CN2CCN(C(=O)c3ccccc3)CC2)N(CC)C(=O)NC1c1ccc(C)cc1C. The molecule has 8 heteroatoms. The maximum Gasteiger partial charge on any atom is 0.338 e. The molecule has 196 valence electrons. The maximum absolute atomic E-state index is 13.3. The Kier molecular flexibility index (Phi) is 8.28. The number of likely N-dealkylation sites (N-methyl/N-ethyl adjacent to an activating group) is 1. The van der Waals surface area contributed by atoms with Crippen molar-refractivity contribution in [3.63, 3.8) is 0 Å². The number of ether oxygens (including phenoxy) is 1. The predicted molar refractivity (Wildman–Crippen MR) is 142 cm³/mol. The van der Waals surface area contributed by atoms with Crippen molar-refractivity contribution in [2.45, 2.75) is 33.7 Å². The van der Waals surface area contributed by atoms with Crippen LogP contribution in [0.4, 0.5) is 4.79 Å². The van der Waals surface area contributed by atoms with Gasteiger partial charge < -0.3 is 15.0 Å². The number of aryl methyl sites for hydroxylation is 2. The second kappa shape index (κ2) is 11.6. The Morgan fingerprint density at radius 2 is 1.70 bits per heavy atom. The number of carbonyl (C=O) groups excluding carboxylic acids is 3. The predicted octanol–water partition coefficient (Wildman–Crippen LogP) is 3.66. The van der Waals surface area contributed by atoms with Crippen molar-refractivity contribution in [1.82, 2.24) is 20.0 Å². The molecule has 1 N–H and O–H groups in total. The topological polar surface area (TPSA) is 82.2 Å². The van der Waals surface area contributed by atoms with Crippen molar-refractivity contribution in [1.29, 1.82) is 0 Å². The molecule has 2 aromatic rings. The zero-order valence-electron chi connectivity index (χ0n) is 22.1. The molecule has 8 nitrogen and oxygen atoms in total. The monoisotopic (exact) mass is 504 g/mol. The number of carbonyl (C=O) groups is 3. The summed E-state index contributed by atoms with van der Waals surface area (Å²) in [4.78, 5) is 45.1. The number of esters is 1. The van der Waals surface area contributed by atoms with E-state index in [4.69, 9.17) is 4.74 Å². The maximum atomic E-state index is 13.3. The van der Waals surface area contributed by atoms with E-state index in [-0.39, 0.29) is 18.5 Å². The molecule has 2 aliphatic rings. The van der Waals surface area contributed by atoms with Crippen molar-refractivity contribution >= 4 is 17.9 Å². The molecule has 37 heavy (non-hydrogen) atoms. The van der Waals surface area contributed by atoms with Gasteiger partial charge in [-0.05, 0) is 51.0 Å². The molecule has 1 unspecified atom stereocenters. The van der Waals surface area contributed by atoms with E-state index < -0.39 is 12.0 Å². The van der Waals surface area contributed by atoms with Crippen LogP contribution in [0.1, 0.15) is 46.9 Å². The van der Waals surface area contributed by atoms with Crippen LogP contribution in [-0.4, -0.2) is 78.5 Å². The van der Waals surface area contributed by atoms with Crippen LogP contribution < -0.4 is 5.32 Å². The first-order chi connectivity index (χ1) is 17.8. The smallest absolute Gasteiger partial charge is 0.338 e. The molecule has 0 aromatic heterocycles. The van der Waals surface area contributed by atoms with Crippen LogP contribution >= 0.6 is 0 Å². The van der Waals surface area contributed by atoms with Crippen molar-refractivity contribution in [2.24, 2.45) is 0 Å². The number of piperazine rings is 1. The average Bonchev–Trinajstić information content (AvgIpc) is 2.89. The molecule has 0 bridgehead atoms. The van der Waals surface area contributed by atoms with Gasteiger partial charge in [0.1, 0.15) is 0 Å². The van der Waals surface area contributed by atoms with Gasteiger partial charge in [0.2, 0.25) is 0 Å². The molecular weight excluding hydrogens is 468 g/mol. The number of amides is 3. The molecule has 0 saturated carbocycles. The van der Waals surface area contributed by atoms with Crippen LogP contribution in [0.3, 0.4) is 0 Å². The van der Waals surface area contributed by atoms with E-state index in [0.29, 0.717) is 56.1 Å². The Morgan fingerprint density at radius 1 is 1.00 bits per heavy atom. The van der Waals surface area contributed by atoms with Crippen LogP contribution in [0.25, 0.3) is 0 Å². The number of hydrogen-bond acceptors (Lipinski definition) is 5. The van der Waals surface area contributed by atoms with Crippen molar-refractivity contribution in [2.75, 3.05) is 45.9 Å². The van der Waals surface area contributed by atoms with E-state index in [0.717, 1.165) is 16.7 Å². The van der Waals surface area contributed by atoms with Gasteiger partial charge in [0.25, 0.3) is 5.91 Å². The van der Waals surface area contributed by atoms with Crippen LogP contribution in [0.15, 0.2) is 59.8 Å². The summed E-state index contributed by atoms with van der Waals surface area (Å²) in [5.41, 5.74) is 4.82. The first kappa shape index (κ1) is 26.4. The minimum atomic E-state index is -0.592. The Labute approximate surface area is 218 Å². The van der Waals surface area contributed by atoms with E-state index in [1.54, 1.807) is 11.8 Å². The summed E-state index contributed by atoms with van der Waals surface area (Å²) in [5.74, 6) is -0.396. The van der Waals surface area contributed by atoms with E-state index in [1.165, 1.54) is 0 Å². The fourth-order valence-corrected chi connectivity index (χ4v) is 5.12. The Bertz CT molecular complexity index is 1190. The minimum Gasteiger partial charge on any atom is -0.463 e. The third kappa shape index (κ3) is 5.69. The third-order valence-electron chi connectivity index (χ3n) is 7.04. The highest BCUT2D eigenvalue weighted by molar-refractivity contribution is 5.95. The number of nitrogens with one attached hydrogen (secondary N) is 1. The highest BCUT2D eigenvalue weighted by Gasteiger charge is 2.39. The lowest BCUT2D eigenvalue weighted by Crippen LogP contribution is -2.53. The molecule has 1 saturated heterocycles. The van der Waals surface area contributed by atoms with Crippen LogP contribution in [-0.2, 0) is 9.53 Å². The van der Waals surface area contributed by atoms with Crippen molar-refractivity contribution < 1.29 is 19.1 Å². The zero-order valence-corrected chi connectivity index (χ0v) is 22.1. The fourth-order valence-electron chi connectivity index (χ4n) is 5.12. The molecule has 3 amide bonds. The highest BCUT2D eigenvalue weighted by Crippen LogP contribution is 2.34. The van der Waals surface area contributed by atoms with Crippen molar-refractivity contribution in [3.05, 3.63) is 82.1 Å². The molecule has 0 radical (unpaired) electrons. The molecule has 1 atom stereocenters. The lowest BCUT2D eigenvalue weighted by atomic mass is 9.90. The molecular formula is C29H36N4O4. The summed E-state index contributed by atoms with van der Waals surface area (Å²) in [6.45, 7) is 11.2. The van der Waals surface area contributed by atoms with Gasteiger partial charge in [-0.2, -0.15) is 0 Å². The van der Waals surface area contributed by atoms with Gasteiger partial charge in [-0.25, -0.2) is 9.59 Å². The van der Waals surface area contributed by atoms with E-state index >= 15 is 0 Å². The van der Waals surface area contributed by atoms with Gasteiger partial charge in [-0.3, -0.25) is 14.6 Å². The van der Waals surface area contributed by atoms with Gasteiger partial charge in [0, 0.05) is 50.5 Å². The largest absolute Gasteiger partial charge is 0.463 e. The Balaban J connectivity index is 1.62. The molecule has 0 spiro atoms. The summed E-state index contributed by atoms with van der Waals surface area (Å²) < 4.78 is 5.50. The van der Waals surface area contributed by atoms with Crippen LogP contribution in [0.2, 0.25) is 0 Å². The Hall–Kier alpha value is -3.65. The number of rotatable bonds is 7. The summed E-state index contributed by atoms with van der Waals surface area (Å²) in [7, 11) is 0. The van der Waals surface area contributed by atoms with Crippen LogP contribution in [0, 0.1) is 13.8 Å². The summed E-state index contributed by atoms with van der Waals surface area (Å²) in [6.07, 6.45) is 0. The third-order valence-corrected chi connectivity index (χ3v) is 7.04. The number of nitrogens with zero attached hydrogens (tertiary/aromatic N) is 3. The highest BCUT2D eigenvalue weighted by atomic mass is 16.5. The summed E-state index contributed by atoms with van der Waals surface area (Å²) >= 11 is 0. The van der Waals surface area contributed by atoms with Gasteiger partial charge >= 0.3 is 12.0 Å². The quantitative estimate of drug-likeness (QED) is 0.582. The van der Waals surface area contributed by atoms with E-state index in [9.17, 15) is 14.4 Å². The summed E-state index contributed by atoms with van der Waals surface area (Å²) in [6, 6.07) is 14.5. The van der Waals surface area contributed by atoms with Gasteiger partial charge in [0.15, 0.2) is 0 Å². The lowest BCUT2D eigenvalue weighted by molar-refractivity contribution is -0.139. The standard InChI is InChI=1S/C29H36N4O4/c1-5-33-24(19-31-14-16-32(17-15-31)27(34)22-10-8-7-9-11-22)25(28(35)37-6-2)26(30-29(33)36)23-13-12-20(3)18-21(23)4/h7-13,18,26H,5-6,14-17,19H2,1-4H3,(H,30,36). The van der Waals surface area contributed by atoms with Gasteiger partial charge in [-0.1, -0.05) is 42.0 Å². The molecule has 2 aromatic carbocycles. The normalized spacial score (nSPS) is 18.6. The van der Waals surface area contributed by atoms with Gasteiger partial charge in [-0.15, -0.1) is 0 Å². The van der Waals surface area contributed by atoms with E-state index in [1.807, 2.05) is 68.1 Å². The van der Waals surface area contributed by atoms with Gasteiger partial charge in [0.05, 0.1) is 18.2 Å². The summed E-state index contributed by atoms with van der Waals surface area (Å²) in [5, 5.41) is 3.05. The van der Waals surface area contributed by atoms with Crippen LogP contribution in [0.5, 0.6) is 0 Å². The minimum absolute atomic E-state index is 0.0221. The molecule has 2 aliphatic heterocycles. The molecule has 0 aliphatic carbocycles. The molecule has 2 heterocycles. The molecule has 1 fully saturated rings. The second-order valence-electron chi connectivity index (χ2n) is 9.50. The Morgan fingerprint density at radius 3 is 2.32 bits per heavy atom.